The summed E-state index contributed by atoms with van der Waals surface area (Å²) >= 11 is 5.93. The molecule has 0 aliphatic carbocycles. The van der Waals surface area contributed by atoms with Crippen molar-refractivity contribution >= 4 is 28.3 Å². The van der Waals surface area contributed by atoms with Crippen LogP contribution < -0.4 is 5.73 Å². The molecule has 0 amide bonds. The van der Waals surface area contributed by atoms with Gasteiger partial charge in [-0.25, -0.2) is 14.4 Å². The molecule has 2 aromatic carbocycles. The first kappa shape index (κ1) is 11.9. The van der Waals surface area contributed by atoms with Gasteiger partial charge in [0.15, 0.2) is 5.82 Å². The van der Waals surface area contributed by atoms with Gasteiger partial charge in [0.05, 0.1) is 11.1 Å². The number of hydrogen-bond acceptors (Lipinski definition) is 3. The lowest BCUT2D eigenvalue weighted by atomic mass is 10.1. The third-order valence-electron chi connectivity index (χ3n) is 2.80. The standard InChI is InChI=1S/C14H9ClFN3/c15-8-5-6-10-12(7-8)18-14(19-13(10)17)9-3-1-2-4-11(9)16/h1-7H,(H2,17,18,19). The maximum atomic E-state index is 13.7. The summed E-state index contributed by atoms with van der Waals surface area (Å²) in [4.78, 5) is 8.46. The molecule has 0 saturated carbocycles. The van der Waals surface area contributed by atoms with Crippen LogP contribution in [-0.4, -0.2) is 9.97 Å². The highest BCUT2D eigenvalue weighted by molar-refractivity contribution is 6.31. The van der Waals surface area contributed by atoms with Gasteiger partial charge < -0.3 is 5.73 Å². The minimum absolute atomic E-state index is 0.255. The molecule has 3 rings (SSSR count). The summed E-state index contributed by atoms with van der Waals surface area (Å²) in [5.41, 5.74) is 6.79. The average Bonchev–Trinajstić information content (AvgIpc) is 2.38. The van der Waals surface area contributed by atoms with Gasteiger partial charge in [-0.05, 0) is 30.3 Å². The van der Waals surface area contributed by atoms with Crippen molar-refractivity contribution in [1.29, 1.82) is 0 Å². The molecular formula is C14H9ClFN3. The van der Waals surface area contributed by atoms with Crippen LogP contribution in [0.25, 0.3) is 22.3 Å². The molecule has 0 spiro atoms. The highest BCUT2D eigenvalue weighted by Crippen LogP contribution is 2.26. The van der Waals surface area contributed by atoms with Crippen LogP contribution in [-0.2, 0) is 0 Å². The van der Waals surface area contributed by atoms with Crippen molar-refractivity contribution in [1.82, 2.24) is 9.97 Å². The molecule has 0 fully saturated rings. The van der Waals surface area contributed by atoms with E-state index in [2.05, 4.69) is 9.97 Å². The number of nitrogens with two attached hydrogens (primary N) is 1. The van der Waals surface area contributed by atoms with E-state index in [4.69, 9.17) is 17.3 Å². The lowest BCUT2D eigenvalue weighted by molar-refractivity contribution is 0.630. The number of nitrogens with zero attached hydrogens (tertiary/aromatic N) is 2. The van der Waals surface area contributed by atoms with E-state index < -0.39 is 0 Å². The van der Waals surface area contributed by atoms with Crippen molar-refractivity contribution in [2.24, 2.45) is 0 Å². The Labute approximate surface area is 113 Å². The molecule has 3 nitrogen and oxygen atoms in total. The van der Waals surface area contributed by atoms with Crippen molar-refractivity contribution in [3.63, 3.8) is 0 Å². The molecule has 2 N–H and O–H groups in total. The predicted molar refractivity (Wildman–Crippen MR) is 74.4 cm³/mol. The van der Waals surface area contributed by atoms with Gasteiger partial charge >= 0.3 is 0 Å². The Bertz CT molecular complexity index is 774. The summed E-state index contributed by atoms with van der Waals surface area (Å²) in [5, 5.41) is 1.24. The zero-order chi connectivity index (χ0) is 13.4. The van der Waals surface area contributed by atoms with E-state index in [1.54, 1.807) is 36.4 Å². The fourth-order valence-electron chi connectivity index (χ4n) is 1.89. The van der Waals surface area contributed by atoms with E-state index in [1.165, 1.54) is 6.07 Å². The van der Waals surface area contributed by atoms with E-state index in [9.17, 15) is 4.39 Å². The molecule has 0 saturated heterocycles. The highest BCUT2D eigenvalue weighted by Gasteiger charge is 2.10. The number of rotatable bonds is 1. The molecule has 0 bridgehead atoms. The van der Waals surface area contributed by atoms with Gasteiger partial charge in [0.1, 0.15) is 11.6 Å². The summed E-state index contributed by atoms with van der Waals surface area (Å²) in [5.74, 6) is 0.175. The molecule has 94 valence electrons. The monoisotopic (exact) mass is 273 g/mol. The van der Waals surface area contributed by atoms with E-state index in [-0.39, 0.29) is 11.6 Å². The van der Waals surface area contributed by atoms with Crippen molar-refractivity contribution in [3.8, 4) is 11.4 Å². The molecule has 0 unspecified atom stereocenters. The highest BCUT2D eigenvalue weighted by atomic mass is 35.5. The van der Waals surface area contributed by atoms with Crippen molar-refractivity contribution in [3.05, 3.63) is 53.3 Å². The van der Waals surface area contributed by atoms with Gasteiger partial charge in [-0.2, -0.15) is 0 Å². The lowest BCUT2D eigenvalue weighted by Crippen LogP contribution is -1.99. The molecular weight excluding hydrogens is 265 g/mol. The smallest absolute Gasteiger partial charge is 0.165 e. The van der Waals surface area contributed by atoms with Crippen LogP contribution in [0.15, 0.2) is 42.5 Å². The number of anilines is 1. The fraction of sp³-hybridized carbons (Fsp3) is 0. The van der Waals surface area contributed by atoms with Crippen LogP contribution in [0.1, 0.15) is 0 Å². The van der Waals surface area contributed by atoms with Crippen LogP contribution >= 0.6 is 11.6 Å². The maximum absolute atomic E-state index is 13.7. The van der Waals surface area contributed by atoms with Gasteiger partial charge in [0, 0.05) is 10.4 Å². The number of benzene rings is 2. The average molecular weight is 274 g/mol. The van der Waals surface area contributed by atoms with Crippen LogP contribution in [0.4, 0.5) is 10.2 Å². The number of fused-ring (bicyclic) bond motifs is 1. The van der Waals surface area contributed by atoms with Gasteiger partial charge in [0.2, 0.25) is 0 Å². The van der Waals surface area contributed by atoms with E-state index >= 15 is 0 Å². The van der Waals surface area contributed by atoms with Crippen molar-refractivity contribution in [2.45, 2.75) is 0 Å². The molecule has 0 atom stereocenters. The van der Waals surface area contributed by atoms with E-state index in [0.29, 0.717) is 27.3 Å². The molecule has 19 heavy (non-hydrogen) atoms. The molecule has 0 aliphatic rings. The Hall–Kier alpha value is -2.20. The van der Waals surface area contributed by atoms with Gasteiger partial charge in [-0.3, -0.25) is 0 Å². The van der Waals surface area contributed by atoms with Crippen LogP contribution in [0.5, 0.6) is 0 Å². The third kappa shape index (κ3) is 2.11. The normalized spacial score (nSPS) is 10.8. The summed E-state index contributed by atoms with van der Waals surface area (Å²) in [6.45, 7) is 0. The largest absolute Gasteiger partial charge is 0.383 e. The van der Waals surface area contributed by atoms with E-state index in [0.717, 1.165) is 0 Å². The van der Waals surface area contributed by atoms with E-state index in [1.807, 2.05) is 0 Å². The number of nitrogen functional groups attached to an aromatic ring is 1. The Morgan fingerprint density at radius 2 is 1.84 bits per heavy atom. The third-order valence-corrected chi connectivity index (χ3v) is 3.04. The molecule has 3 aromatic rings. The predicted octanol–water partition coefficient (Wildman–Crippen LogP) is 3.67. The van der Waals surface area contributed by atoms with Crippen LogP contribution in [0.2, 0.25) is 5.02 Å². The minimum atomic E-state index is -0.386. The van der Waals surface area contributed by atoms with Crippen molar-refractivity contribution in [2.75, 3.05) is 5.73 Å². The first-order valence-electron chi connectivity index (χ1n) is 5.63. The molecule has 5 heteroatoms. The Morgan fingerprint density at radius 1 is 1.05 bits per heavy atom. The van der Waals surface area contributed by atoms with Crippen LogP contribution in [0.3, 0.4) is 0 Å². The zero-order valence-corrected chi connectivity index (χ0v) is 10.5. The van der Waals surface area contributed by atoms with Gasteiger partial charge in [-0.15, -0.1) is 0 Å². The van der Waals surface area contributed by atoms with Crippen molar-refractivity contribution < 1.29 is 4.39 Å². The number of aromatic nitrogens is 2. The maximum Gasteiger partial charge on any atom is 0.165 e. The second-order valence-corrected chi connectivity index (χ2v) is 4.51. The second-order valence-electron chi connectivity index (χ2n) is 4.07. The van der Waals surface area contributed by atoms with Gasteiger partial charge in [0.25, 0.3) is 0 Å². The lowest BCUT2D eigenvalue weighted by Gasteiger charge is -2.06. The quantitative estimate of drug-likeness (QED) is 0.736. The Morgan fingerprint density at radius 3 is 2.63 bits per heavy atom. The summed E-state index contributed by atoms with van der Waals surface area (Å²) in [6.07, 6.45) is 0. The summed E-state index contributed by atoms with van der Waals surface area (Å²) in [6, 6.07) is 11.4. The fourth-order valence-corrected chi connectivity index (χ4v) is 2.06. The first-order valence-corrected chi connectivity index (χ1v) is 6.00. The molecule has 0 aliphatic heterocycles. The number of hydrogen-bond donors (Lipinski definition) is 1. The van der Waals surface area contributed by atoms with Crippen LogP contribution in [0, 0.1) is 5.82 Å². The Balaban J connectivity index is 2.29. The SMILES string of the molecule is Nc1nc(-c2ccccc2F)nc2cc(Cl)ccc12. The Kier molecular flexibility index (Phi) is 2.80. The first-order chi connectivity index (χ1) is 9.15. The zero-order valence-electron chi connectivity index (χ0n) is 9.77. The molecule has 1 aromatic heterocycles. The number of halogens is 2. The minimum Gasteiger partial charge on any atom is -0.383 e. The molecule has 0 radical (unpaired) electrons. The summed E-state index contributed by atoms with van der Waals surface area (Å²) in [7, 11) is 0. The topological polar surface area (TPSA) is 51.8 Å². The molecule has 1 heterocycles. The summed E-state index contributed by atoms with van der Waals surface area (Å²) < 4.78 is 13.7. The van der Waals surface area contributed by atoms with Gasteiger partial charge in [-0.1, -0.05) is 23.7 Å². The second kappa shape index (κ2) is 4.48.